The Hall–Kier alpha value is -5.41. The molecule has 0 aromatic heterocycles. The van der Waals surface area contributed by atoms with Gasteiger partial charge in [0.05, 0.1) is 27.4 Å². The molecule has 0 amide bonds. The standard InChI is InChI=1S/2C30H39S.C11H16O3.C11H14O3/c2*1-28(2,3)22-10-16-25(17-11-22)31(26-18-12-23(13-19-26)29(4,5)6)27-20-14-24(15-21-27)30(7,8)9;12-9(13)10-2-7-1-8(3-10)5-11(14,4-7)6-10;12-9-7-1-6-2-8(9)5-11(3-6,4-7)10(13)14/h2*10-21H,1-9H3;7-8,14H,1-6H2,(H,12,13);6-8H,1-5H2,(H,13,14)/q2*+1;;/p-2. The molecular weight excluding hydrogens is 1150 g/mol. The molecule has 0 spiro atoms. The molecule has 8 bridgehead atoms. The van der Waals surface area contributed by atoms with E-state index in [0.29, 0.717) is 42.8 Å². The number of carbonyl (C=O) groups excluding carboxylic acids is 3. The first-order valence-electron chi connectivity index (χ1n) is 33.5. The Morgan fingerprint density at radius 3 is 0.767 bits per heavy atom. The van der Waals surface area contributed by atoms with Crippen LogP contribution in [0.4, 0.5) is 0 Å². The summed E-state index contributed by atoms with van der Waals surface area (Å²) < 4.78 is 0. The third-order valence-corrected chi connectivity index (χ3v) is 25.1. The zero-order valence-electron chi connectivity index (χ0n) is 57.8. The fourth-order valence-electron chi connectivity index (χ4n) is 15.8. The Morgan fingerprint density at radius 1 is 0.344 bits per heavy atom. The smallest absolute Gasteiger partial charge is 0.166 e. The zero-order valence-corrected chi connectivity index (χ0v) is 59.5. The van der Waals surface area contributed by atoms with Crippen LogP contribution in [0.1, 0.15) is 229 Å². The maximum atomic E-state index is 11.7. The number of Topliss-reactive ketones (excluding diaryl/α,β-unsaturated/α-hetero) is 1. The molecule has 482 valence electrons. The van der Waals surface area contributed by atoms with E-state index in [4.69, 9.17) is 0 Å². The van der Waals surface area contributed by atoms with Crippen molar-refractivity contribution in [2.45, 2.75) is 263 Å². The minimum absolute atomic E-state index is 0.0409. The topological polar surface area (TPSA) is 118 Å². The third-order valence-electron chi connectivity index (χ3n) is 20.6. The average molecular weight is 1250 g/mol. The lowest BCUT2D eigenvalue weighted by Crippen LogP contribution is -2.60. The van der Waals surface area contributed by atoms with Gasteiger partial charge in [-0.2, -0.15) is 0 Å². The largest absolute Gasteiger partial charge is 0.550 e. The highest BCUT2D eigenvalue weighted by molar-refractivity contribution is 7.97. The molecule has 6 aromatic rings. The van der Waals surface area contributed by atoms with Crippen LogP contribution in [0.25, 0.3) is 0 Å². The van der Waals surface area contributed by atoms with Gasteiger partial charge < -0.3 is 24.9 Å². The summed E-state index contributed by atoms with van der Waals surface area (Å²) in [6.45, 7) is 41.0. The predicted molar refractivity (Wildman–Crippen MR) is 368 cm³/mol. The molecular formula is C82H106O6S2. The van der Waals surface area contributed by atoms with Crippen LogP contribution in [0.15, 0.2) is 175 Å². The van der Waals surface area contributed by atoms with Gasteiger partial charge in [-0.1, -0.05) is 197 Å². The number of ketones is 1. The first kappa shape index (κ1) is 68.9. The van der Waals surface area contributed by atoms with Gasteiger partial charge in [-0.15, -0.1) is 0 Å². The SMILES string of the molecule is CC(C)(C)c1ccc([S+](c2ccc(C(C)(C)C)cc2)c2ccc(C(C)(C)C)cc2)cc1.CC(C)(C)c1ccc([S+](c2ccc(C(C)(C)C)cc2)c2ccc(C(C)(C)C)cc2)cc1.O=C([O-])C12CC3CC(CC(O)(C3)C1)C2.O=C1C2CC3CC1CC(C(=O)[O-])(C3)C2. The van der Waals surface area contributed by atoms with Crippen molar-refractivity contribution in [1.29, 1.82) is 0 Å². The minimum atomic E-state index is -0.926. The second-order valence-electron chi connectivity index (χ2n) is 34.3. The van der Waals surface area contributed by atoms with Crippen LogP contribution in [0.5, 0.6) is 0 Å². The maximum absolute atomic E-state index is 11.7. The highest BCUT2D eigenvalue weighted by Crippen LogP contribution is 2.62. The number of aliphatic carboxylic acids is 2. The van der Waals surface area contributed by atoms with E-state index in [-0.39, 0.29) is 66.1 Å². The normalized spacial score (nSPS) is 25.2. The Bertz CT molecular complexity index is 2980. The molecule has 0 aliphatic heterocycles. The predicted octanol–water partition coefficient (Wildman–Crippen LogP) is 17.5. The van der Waals surface area contributed by atoms with Gasteiger partial charge in [0.2, 0.25) is 0 Å². The van der Waals surface area contributed by atoms with E-state index in [1.165, 1.54) is 62.8 Å². The van der Waals surface area contributed by atoms with Gasteiger partial charge in [0.15, 0.2) is 29.4 Å². The molecule has 8 aliphatic carbocycles. The molecule has 4 atom stereocenters. The monoisotopic (exact) mass is 1250 g/mol. The summed E-state index contributed by atoms with van der Waals surface area (Å²) >= 11 is 0. The van der Waals surface area contributed by atoms with E-state index in [1.807, 2.05) is 0 Å². The van der Waals surface area contributed by atoms with E-state index in [0.717, 1.165) is 51.4 Å². The van der Waals surface area contributed by atoms with Crippen molar-refractivity contribution in [2.24, 2.45) is 40.4 Å². The molecule has 1 N–H and O–H groups in total. The second-order valence-corrected chi connectivity index (χ2v) is 38.4. The Balaban J connectivity index is 0.000000151. The summed E-state index contributed by atoms with van der Waals surface area (Å²) in [5, 5.41) is 32.5. The number of hydrogen-bond acceptors (Lipinski definition) is 6. The van der Waals surface area contributed by atoms with Crippen LogP contribution in [0, 0.1) is 40.4 Å². The van der Waals surface area contributed by atoms with Crippen molar-refractivity contribution >= 4 is 39.5 Å². The fourth-order valence-corrected chi connectivity index (χ4v) is 19.9. The van der Waals surface area contributed by atoms with Crippen LogP contribution in [0.3, 0.4) is 0 Å². The molecule has 0 saturated heterocycles. The van der Waals surface area contributed by atoms with Gasteiger partial charge in [0.1, 0.15) is 5.78 Å². The molecule has 4 unspecified atom stereocenters. The summed E-state index contributed by atoms with van der Waals surface area (Å²) in [4.78, 5) is 42.3. The lowest BCUT2D eigenvalue weighted by atomic mass is 9.48. The molecule has 90 heavy (non-hydrogen) atoms. The number of aliphatic hydroxyl groups is 1. The molecule has 8 heteroatoms. The first-order chi connectivity index (χ1) is 41.6. The highest BCUT2D eigenvalue weighted by atomic mass is 32.2. The maximum Gasteiger partial charge on any atom is 0.166 e. The van der Waals surface area contributed by atoms with Crippen molar-refractivity contribution in [1.82, 2.24) is 0 Å². The van der Waals surface area contributed by atoms with Crippen molar-refractivity contribution in [3.63, 3.8) is 0 Å². The second kappa shape index (κ2) is 25.5. The van der Waals surface area contributed by atoms with Crippen LogP contribution in [-0.4, -0.2) is 28.4 Å². The Kier molecular flexibility index (Phi) is 19.5. The quantitative estimate of drug-likeness (QED) is 0.152. The molecule has 8 aliphatic rings. The van der Waals surface area contributed by atoms with Gasteiger partial charge in [-0.25, -0.2) is 0 Å². The summed E-state index contributed by atoms with van der Waals surface area (Å²) in [5.41, 5.74) is 7.29. The first-order valence-corrected chi connectivity index (χ1v) is 35.9. The fraction of sp³-hybridized carbons (Fsp3) is 0.524. The molecule has 8 saturated carbocycles. The summed E-state index contributed by atoms with van der Waals surface area (Å²) in [7, 11) is -0.240. The highest BCUT2D eigenvalue weighted by Gasteiger charge is 2.58. The number of benzene rings is 6. The van der Waals surface area contributed by atoms with Crippen molar-refractivity contribution in [3.05, 3.63) is 179 Å². The summed E-state index contributed by atoms with van der Waals surface area (Å²) in [6.07, 6.45) is 8.43. The van der Waals surface area contributed by atoms with Crippen LogP contribution in [0.2, 0.25) is 0 Å². The van der Waals surface area contributed by atoms with Gasteiger partial charge in [0, 0.05) is 34.6 Å². The van der Waals surface area contributed by atoms with Crippen molar-refractivity contribution < 1.29 is 29.7 Å². The van der Waals surface area contributed by atoms with Crippen molar-refractivity contribution in [3.8, 4) is 0 Å². The number of carbonyl (C=O) groups is 3. The molecule has 6 nitrogen and oxygen atoms in total. The van der Waals surface area contributed by atoms with Gasteiger partial charge in [0.25, 0.3) is 0 Å². The molecule has 8 fully saturated rings. The van der Waals surface area contributed by atoms with E-state index >= 15 is 0 Å². The minimum Gasteiger partial charge on any atom is -0.550 e. The lowest BCUT2D eigenvalue weighted by molar-refractivity contribution is -0.331. The van der Waals surface area contributed by atoms with Crippen LogP contribution in [-0.2, 0) is 68.7 Å². The lowest BCUT2D eigenvalue weighted by Gasteiger charge is -2.60. The number of carboxylic acid groups (broad SMARTS) is 2. The Morgan fingerprint density at radius 2 is 0.567 bits per heavy atom. The molecule has 0 radical (unpaired) electrons. The van der Waals surface area contributed by atoms with E-state index in [9.17, 15) is 29.7 Å². The van der Waals surface area contributed by atoms with Gasteiger partial charge in [-0.05, 0) is 227 Å². The van der Waals surface area contributed by atoms with E-state index in [2.05, 4.69) is 270 Å². The number of hydrogen-bond donors (Lipinski definition) is 1. The van der Waals surface area contributed by atoms with Crippen molar-refractivity contribution in [2.75, 3.05) is 0 Å². The molecule has 6 aromatic carbocycles. The van der Waals surface area contributed by atoms with E-state index < -0.39 is 28.4 Å². The van der Waals surface area contributed by atoms with Gasteiger partial charge in [-0.3, -0.25) is 4.79 Å². The summed E-state index contributed by atoms with van der Waals surface area (Å²) in [6, 6.07) is 55.7. The Labute approximate surface area is 548 Å². The average Bonchev–Trinajstić information content (AvgIpc) is 0.752. The van der Waals surface area contributed by atoms with Crippen LogP contribution < -0.4 is 10.2 Å². The molecule has 0 heterocycles. The number of rotatable bonds is 8. The summed E-state index contributed by atoms with van der Waals surface area (Å²) in [5.74, 6) is -0.0908. The third kappa shape index (κ3) is 15.6. The van der Waals surface area contributed by atoms with Gasteiger partial charge >= 0.3 is 0 Å². The molecule has 14 rings (SSSR count). The zero-order chi connectivity index (χ0) is 66.0. The van der Waals surface area contributed by atoms with Crippen LogP contribution >= 0.6 is 0 Å². The number of carboxylic acids is 2. The van der Waals surface area contributed by atoms with E-state index in [1.54, 1.807) is 0 Å².